The summed E-state index contributed by atoms with van der Waals surface area (Å²) in [5, 5.41) is 22.2. The van der Waals surface area contributed by atoms with Crippen molar-refractivity contribution in [2.75, 3.05) is 5.32 Å². The monoisotopic (exact) mass is 337 g/mol. The van der Waals surface area contributed by atoms with E-state index in [2.05, 4.69) is 20.6 Å². The van der Waals surface area contributed by atoms with Crippen LogP contribution in [-0.4, -0.2) is 37.1 Å². The molecular formula is C18H19N5O2. The molecule has 4 rings (SSSR count). The van der Waals surface area contributed by atoms with Gasteiger partial charge in [-0.1, -0.05) is 23.4 Å². The maximum Gasteiger partial charge on any atom is 0.339 e. The second-order valence-corrected chi connectivity index (χ2v) is 6.47. The molecule has 0 saturated carbocycles. The number of nitrogens with one attached hydrogen (secondary N) is 1. The van der Waals surface area contributed by atoms with Gasteiger partial charge >= 0.3 is 5.97 Å². The largest absolute Gasteiger partial charge is 0.478 e. The number of carboxylic acid groups (broad SMARTS) is 1. The Bertz CT molecular complexity index is 979. The number of carboxylic acids is 1. The summed E-state index contributed by atoms with van der Waals surface area (Å²) in [4.78, 5) is 16.4. The number of benzene rings is 1. The van der Waals surface area contributed by atoms with Gasteiger partial charge in [-0.3, -0.25) is 4.68 Å². The SMILES string of the molecule is Cc1c(C(=O)O)c(NC2CCc3nnn(C)c3C2)nc2ccccc12. The van der Waals surface area contributed by atoms with Crippen molar-refractivity contribution < 1.29 is 9.90 Å². The van der Waals surface area contributed by atoms with Crippen LogP contribution in [0.1, 0.15) is 33.7 Å². The van der Waals surface area contributed by atoms with Gasteiger partial charge in [0.2, 0.25) is 0 Å². The van der Waals surface area contributed by atoms with E-state index >= 15 is 0 Å². The lowest BCUT2D eigenvalue weighted by Gasteiger charge is -2.24. The number of rotatable bonds is 3. The first-order valence-electron chi connectivity index (χ1n) is 8.31. The van der Waals surface area contributed by atoms with Gasteiger partial charge in [0.1, 0.15) is 11.4 Å². The highest BCUT2D eigenvalue weighted by Gasteiger charge is 2.26. The number of anilines is 1. The molecule has 25 heavy (non-hydrogen) atoms. The molecule has 1 atom stereocenters. The summed E-state index contributed by atoms with van der Waals surface area (Å²) in [6, 6.07) is 7.72. The van der Waals surface area contributed by atoms with Crippen LogP contribution in [-0.2, 0) is 19.9 Å². The molecule has 7 nitrogen and oxygen atoms in total. The minimum atomic E-state index is -0.961. The third-order valence-corrected chi connectivity index (χ3v) is 4.90. The van der Waals surface area contributed by atoms with Gasteiger partial charge in [-0.15, -0.1) is 5.10 Å². The predicted molar refractivity (Wildman–Crippen MR) is 93.9 cm³/mol. The predicted octanol–water partition coefficient (Wildman–Crippen LogP) is 2.34. The molecule has 3 aromatic rings. The summed E-state index contributed by atoms with van der Waals surface area (Å²) in [5.74, 6) is -0.524. The fourth-order valence-electron chi connectivity index (χ4n) is 3.57. The topological polar surface area (TPSA) is 92.9 Å². The van der Waals surface area contributed by atoms with Gasteiger partial charge in [0, 0.05) is 24.9 Å². The number of fused-ring (bicyclic) bond motifs is 2. The molecule has 2 heterocycles. The third-order valence-electron chi connectivity index (χ3n) is 4.90. The molecule has 1 unspecified atom stereocenters. The van der Waals surface area contributed by atoms with Crippen LogP contribution in [0.15, 0.2) is 24.3 Å². The average Bonchev–Trinajstić information content (AvgIpc) is 2.95. The van der Waals surface area contributed by atoms with Crippen LogP contribution in [0.2, 0.25) is 0 Å². The molecular weight excluding hydrogens is 318 g/mol. The molecule has 1 aromatic carbocycles. The maximum atomic E-state index is 11.8. The lowest BCUT2D eigenvalue weighted by Crippen LogP contribution is -2.30. The van der Waals surface area contributed by atoms with E-state index in [0.717, 1.165) is 47.1 Å². The Balaban J connectivity index is 1.73. The van der Waals surface area contributed by atoms with Gasteiger partial charge in [-0.25, -0.2) is 9.78 Å². The summed E-state index contributed by atoms with van der Waals surface area (Å²) in [6.07, 6.45) is 2.46. The number of pyridine rings is 1. The van der Waals surface area contributed by atoms with Crippen LogP contribution in [0.5, 0.6) is 0 Å². The molecule has 0 spiro atoms. The fourth-order valence-corrected chi connectivity index (χ4v) is 3.57. The van der Waals surface area contributed by atoms with E-state index in [1.54, 1.807) is 4.68 Å². The molecule has 0 saturated heterocycles. The van der Waals surface area contributed by atoms with Gasteiger partial charge in [0.25, 0.3) is 0 Å². The van der Waals surface area contributed by atoms with Crippen molar-refractivity contribution in [2.24, 2.45) is 7.05 Å². The third kappa shape index (κ3) is 2.61. The highest BCUT2D eigenvalue weighted by molar-refractivity contribution is 6.01. The van der Waals surface area contributed by atoms with Gasteiger partial charge in [-0.2, -0.15) is 0 Å². The Morgan fingerprint density at radius 1 is 1.36 bits per heavy atom. The van der Waals surface area contributed by atoms with E-state index in [1.807, 2.05) is 38.2 Å². The lowest BCUT2D eigenvalue weighted by atomic mass is 9.95. The number of hydrogen-bond acceptors (Lipinski definition) is 5. The standard InChI is InChI=1S/C18H19N5O2/c1-10-12-5-3-4-6-13(12)20-17(16(10)18(24)25)19-11-7-8-14-15(9-11)23(2)22-21-14/h3-6,11H,7-9H2,1-2H3,(H,19,20)(H,24,25). The summed E-state index contributed by atoms with van der Waals surface area (Å²) >= 11 is 0. The van der Waals surface area contributed by atoms with Gasteiger partial charge in [-0.05, 0) is 31.4 Å². The molecule has 2 N–H and O–H groups in total. The fraction of sp³-hybridized carbons (Fsp3) is 0.333. The van der Waals surface area contributed by atoms with Crippen molar-refractivity contribution in [1.29, 1.82) is 0 Å². The second-order valence-electron chi connectivity index (χ2n) is 6.47. The van der Waals surface area contributed by atoms with Crippen molar-refractivity contribution in [3.05, 3.63) is 46.8 Å². The molecule has 1 aliphatic carbocycles. The summed E-state index contributed by atoms with van der Waals surface area (Å²) < 4.78 is 1.79. The van der Waals surface area contributed by atoms with Gasteiger partial charge in [0.05, 0.1) is 16.9 Å². The van der Waals surface area contributed by atoms with Crippen molar-refractivity contribution in [1.82, 2.24) is 20.0 Å². The first-order valence-corrected chi connectivity index (χ1v) is 8.31. The summed E-state index contributed by atoms with van der Waals surface area (Å²) in [5.41, 5.74) is 3.90. The van der Waals surface area contributed by atoms with Gasteiger partial charge in [0.15, 0.2) is 0 Å². The van der Waals surface area contributed by atoms with E-state index in [-0.39, 0.29) is 11.6 Å². The number of aromatic carboxylic acids is 1. The molecule has 128 valence electrons. The van der Waals surface area contributed by atoms with Gasteiger partial charge < -0.3 is 10.4 Å². The van der Waals surface area contributed by atoms with E-state index in [1.165, 1.54) is 0 Å². The van der Waals surface area contributed by atoms with Crippen LogP contribution >= 0.6 is 0 Å². The second kappa shape index (κ2) is 5.84. The molecule has 0 bridgehead atoms. The Labute approximate surface area is 144 Å². The first-order chi connectivity index (χ1) is 12.0. The number of aromatic nitrogens is 4. The molecule has 2 aromatic heterocycles. The minimum Gasteiger partial charge on any atom is -0.478 e. The molecule has 0 amide bonds. The van der Waals surface area contributed by atoms with Crippen molar-refractivity contribution in [3.8, 4) is 0 Å². The zero-order chi connectivity index (χ0) is 17.6. The Hall–Kier alpha value is -2.96. The van der Waals surface area contributed by atoms with Crippen molar-refractivity contribution in [3.63, 3.8) is 0 Å². The number of aryl methyl sites for hydroxylation is 3. The smallest absolute Gasteiger partial charge is 0.339 e. The molecule has 1 aliphatic rings. The number of carbonyl (C=O) groups is 1. The van der Waals surface area contributed by atoms with Crippen molar-refractivity contribution in [2.45, 2.75) is 32.2 Å². The zero-order valence-electron chi connectivity index (χ0n) is 14.2. The van der Waals surface area contributed by atoms with Crippen LogP contribution in [0, 0.1) is 6.92 Å². The zero-order valence-corrected chi connectivity index (χ0v) is 14.2. The molecule has 7 heteroatoms. The van der Waals surface area contributed by atoms with E-state index in [0.29, 0.717) is 5.82 Å². The molecule has 0 aliphatic heterocycles. The van der Waals surface area contributed by atoms with E-state index < -0.39 is 5.97 Å². The number of para-hydroxylation sites is 1. The average molecular weight is 337 g/mol. The van der Waals surface area contributed by atoms with Crippen LogP contribution in [0.25, 0.3) is 10.9 Å². The Morgan fingerprint density at radius 3 is 2.96 bits per heavy atom. The van der Waals surface area contributed by atoms with E-state index in [4.69, 9.17) is 0 Å². The lowest BCUT2D eigenvalue weighted by molar-refractivity contribution is 0.0697. The summed E-state index contributed by atoms with van der Waals surface area (Å²) in [6.45, 7) is 1.84. The van der Waals surface area contributed by atoms with Crippen LogP contribution in [0.4, 0.5) is 5.82 Å². The molecule has 0 fully saturated rings. The maximum absolute atomic E-state index is 11.8. The highest BCUT2D eigenvalue weighted by Crippen LogP contribution is 2.28. The summed E-state index contributed by atoms with van der Waals surface area (Å²) in [7, 11) is 1.88. The van der Waals surface area contributed by atoms with E-state index in [9.17, 15) is 9.90 Å². The Morgan fingerprint density at radius 2 is 2.16 bits per heavy atom. The first kappa shape index (κ1) is 15.6. The number of nitrogens with zero attached hydrogens (tertiary/aromatic N) is 4. The highest BCUT2D eigenvalue weighted by atomic mass is 16.4. The van der Waals surface area contributed by atoms with Crippen LogP contribution in [0.3, 0.4) is 0 Å². The number of hydrogen-bond donors (Lipinski definition) is 2. The minimum absolute atomic E-state index is 0.107. The van der Waals surface area contributed by atoms with Crippen molar-refractivity contribution >= 4 is 22.7 Å². The quantitative estimate of drug-likeness (QED) is 0.762. The Kier molecular flexibility index (Phi) is 3.63. The normalized spacial score (nSPS) is 16.6. The van der Waals surface area contributed by atoms with Crippen LogP contribution < -0.4 is 5.32 Å². The molecule has 0 radical (unpaired) electrons.